The first-order valence-electron chi connectivity index (χ1n) is 26.2. The smallest absolute Gasteiger partial charge is 0.246 e. The number of aliphatic hydroxyl groups is 1. The van der Waals surface area contributed by atoms with Gasteiger partial charge in [-0.2, -0.15) is 0 Å². The third-order valence-electron chi connectivity index (χ3n) is 16.2. The lowest BCUT2D eigenvalue weighted by molar-refractivity contribution is -0.144. The van der Waals surface area contributed by atoms with Crippen LogP contribution < -0.4 is 26.2 Å². The van der Waals surface area contributed by atoms with Crippen LogP contribution >= 0.6 is 11.3 Å². The predicted molar refractivity (Wildman–Crippen MR) is 283 cm³/mol. The molecule has 1 aliphatic carbocycles. The molecule has 4 aliphatic heterocycles. The van der Waals surface area contributed by atoms with Crippen LogP contribution in [-0.4, -0.2) is 132 Å². The van der Waals surface area contributed by atoms with Gasteiger partial charge in [0.2, 0.25) is 23.7 Å². The number of carbonyl (C=O) groups is 3. The number of aromatic hydroxyl groups is 1. The van der Waals surface area contributed by atoms with Crippen LogP contribution in [0.25, 0.3) is 21.7 Å². The van der Waals surface area contributed by atoms with Crippen molar-refractivity contribution in [1.29, 1.82) is 0 Å². The number of aryl methyl sites for hydroxylation is 1. The van der Waals surface area contributed by atoms with Gasteiger partial charge in [-0.15, -0.1) is 21.5 Å². The van der Waals surface area contributed by atoms with Gasteiger partial charge in [-0.1, -0.05) is 57.2 Å². The number of hydrogen-bond acceptors (Lipinski definition) is 15. The molecule has 3 aromatic heterocycles. The Morgan fingerprint density at radius 2 is 1.55 bits per heavy atom. The number of nitrogen functional groups attached to an aromatic ring is 1. The zero-order valence-electron chi connectivity index (χ0n) is 42.5. The standard InChI is InChI=1S/C55H70N12O5S/c1-33-49(73-32-60-33)37-13-9-35(10-14-37)26-57-52(71)46-24-42(68)31-66(46)53(72)50(55(2,3)4)61-48(70)23-34-11-15-39(16-12-34)64-21-19-36(20-22-64)38-27-58-54(59-28-38)67-40-17-18-41(67)30-65(29-40)45-25-44(62-63-51(45)56)43-7-5-6-8-47(43)69/h5-10,13-14,25,27-28,32,34,36,39-42,46,50,68-69H,11-12,15-24,26,29-31H2,1-4H3,(H2,56,63)(H,57,71)(H,61,70)/t34?,39?,40?,41?,42-,46+,50?/m1/s1. The number of nitrogens with one attached hydrogen (secondary N) is 2. The topological polar surface area (TPSA) is 219 Å². The average Bonchev–Trinajstić information content (AvgIpc) is 4.08. The van der Waals surface area contributed by atoms with Crippen LogP contribution in [-0.2, 0) is 20.9 Å². The Balaban J connectivity index is 0.670. The fraction of sp³-hybridized carbons (Fsp3) is 0.527. The monoisotopic (exact) mass is 1010 g/mol. The van der Waals surface area contributed by atoms with E-state index >= 15 is 0 Å². The fourth-order valence-corrected chi connectivity index (χ4v) is 13.0. The highest BCUT2D eigenvalue weighted by molar-refractivity contribution is 7.13. The number of nitrogens with two attached hydrogens (primary N) is 1. The second kappa shape index (κ2) is 21.3. The normalized spacial score (nSPS) is 24.2. The Morgan fingerprint density at radius 1 is 0.863 bits per heavy atom. The van der Waals surface area contributed by atoms with Crippen molar-refractivity contribution in [3.05, 3.63) is 89.3 Å². The summed E-state index contributed by atoms with van der Waals surface area (Å²) in [6.07, 6.45) is 12.0. The van der Waals surface area contributed by atoms with Crippen LogP contribution in [0, 0.1) is 18.3 Å². The number of amides is 3. The van der Waals surface area contributed by atoms with Crippen molar-refractivity contribution < 1.29 is 24.6 Å². The molecule has 1 saturated carbocycles. The highest BCUT2D eigenvalue weighted by Crippen LogP contribution is 2.40. The molecule has 2 bridgehead atoms. The average molecular weight is 1010 g/mol. The van der Waals surface area contributed by atoms with Crippen LogP contribution in [0.1, 0.15) is 108 Å². The molecule has 2 aromatic carbocycles. The molecule has 6 N–H and O–H groups in total. The highest BCUT2D eigenvalue weighted by atomic mass is 32.1. The van der Waals surface area contributed by atoms with Gasteiger partial charge >= 0.3 is 0 Å². The molecule has 17 nitrogen and oxygen atoms in total. The number of benzene rings is 2. The maximum Gasteiger partial charge on any atom is 0.246 e. The summed E-state index contributed by atoms with van der Waals surface area (Å²) in [5, 5.41) is 35.8. The van der Waals surface area contributed by atoms with Crippen molar-refractivity contribution in [2.24, 2.45) is 11.3 Å². The number of rotatable bonds is 13. The quantitative estimate of drug-likeness (QED) is 0.0857. The van der Waals surface area contributed by atoms with E-state index in [9.17, 15) is 24.6 Å². The molecule has 386 valence electrons. The number of para-hydroxylation sites is 1. The van der Waals surface area contributed by atoms with E-state index in [2.05, 4.69) is 40.5 Å². The molecule has 73 heavy (non-hydrogen) atoms. The Morgan fingerprint density at radius 3 is 2.21 bits per heavy atom. The van der Waals surface area contributed by atoms with E-state index in [1.54, 1.807) is 23.5 Å². The van der Waals surface area contributed by atoms with Crippen molar-refractivity contribution in [1.82, 2.24) is 45.6 Å². The molecule has 0 spiro atoms. The van der Waals surface area contributed by atoms with Crippen LogP contribution in [0.4, 0.5) is 17.5 Å². The van der Waals surface area contributed by atoms with Crippen molar-refractivity contribution >= 4 is 46.5 Å². The van der Waals surface area contributed by atoms with E-state index in [1.807, 2.05) is 88.1 Å². The van der Waals surface area contributed by atoms with Gasteiger partial charge in [0.05, 0.1) is 33.6 Å². The molecule has 3 amide bonds. The summed E-state index contributed by atoms with van der Waals surface area (Å²) in [5.74, 6) is 1.16. The number of β-amino-alcohol motifs (C(OH)–C–C–N with tert-alkyl or cyclic N) is 1. The molecule has 4 saturated heterocycles. The van der Waals surface area contributed by atoms with Gasteiger partial charge in [0, 0.05) is 75.1 Å². The molecule has 5 aromatic rings. The molecule has 10 rings (SSSR count). The third-order valence-corrected chi connectivity index (χ3v) is 17.2. The van der Waals surface area contributed by atoms with Crippen molar-refractivity contribution in [3.8, 4) is 27.4 Å². The SMILES string of the molecule is Cc1ncsc1-c1ccc(CNC(=O)[C@@H]2C[C@@H](O)CN2C(=O)C(NC(=O)CC2CCC(N3CCC(c4cnc(N5C6CCC5CN(c5cc(-c7ccccc7O)nnc5N)C6)nc4)CC3)CC2)C(C)(C)C)cc1. The number of fused-ring (bicyclic) bond motifs is 2. The first-order chi connectivity index (χ1) is 35.2. The van der Waals surface area contributed by atoms with Gasteiger partial charge in [0.25, 0.3) is 0 Å². The van der Waals surface area contributed by atoms with Gasteiger partial charge in [-0.25, -0.2) is 15.0 Å². The molecular formula is C55H70N12O5S. The fourth-order valence-electron chi connectivity index (χ4n) is 12.1. The number of likely N-dealkylation sites (tertiary alicyclic amines) is 2. The van der Waals surface area contributed by atoms with E-state index in [0.29, 0.717) is 35.5 Å². The number of aromatic nitrogens is 5. The number of aliphatic hydroxyl groups excluding tert-OH is 1. The summed E-state index contributed by atoms with van der Waals surface area (Å²) in [5.41, 5.74) is 13.8. The van der Waals surface area contributed by atoms with Gasteiger partial charge < -0.3 is 46.2 Å². The summed E-state index contributed by atoms with van der Waals surface area (Å²) in [6.45, 7) is 11.7. The van der Waals surface area contributed by atoms with Crippen LogP contribution in [0.3, 0.4) is 0 Å². The lowest BCUT2D eigenvalue weighted by Crippen LogP contribution is -2.57. The highest BCUT2D eigenvalue weighted by Gasteiger charge is 2.45. The van der Waals surface area contributed by atoms with Crippen LogP contribution in [0.5, 0.6) is 5.75 Å². The number of phenols is 1. The molecule has 0 radical (unpaired) electrons. The maximum atomic E-state index is 14.3. The number of piperidine rings is 1. The largest absolute Gasteiger partial charge is 0.507 e. The number of thiazole rings is 1. The zero-order valence-corrected chi connectivity index (χ0v) is 43.3. The zero-order chi connectivity index (χ0) is 51.0. The summed E-state index contributed by atoms with van der Waals surface area (Å²) >= 11 is 1.59. The van der Waals surface area contributed by atoms with E-state index in [1.165, 1.54) is 10.5 Å². The van der Waals surface area contributed by atoms with Crippen molar-refractivity contribution in [2.45, 2.75) is 141 Å². The second-order valence-electron chi connectivity index (χ2n) is 22.2. The summed E-state index contributed by atoms with van der Waals surface area (Å²) in [6, 6.07) is 16.4. The number of anilines is 3. The Bertz CT molecular complexity index is 2740. The van der Waals surface area contributed by atoms with Crippen molar-refractivity contribution in [3.63, 3.8) is 0 Å². The molecule has 7 heterocycles. The summed E-state index contributed by atoms with van der Waals surface area (Å²) in [4.78, 5) is 65.8. The van der Waals surface area contributed by atoms with Crippen LogP contribution in [0.15, 0.2) is 72.5 Å². The van der Waals surface area contributed by atoms with Gasteiger partial charge in [-0.3, -0.25) is 14.4 Å². The number of nitrogens with zero attached hydrogens (tertiary/aromatic N) is 9. The second-order valence-corrected chi connectivity index (χ2v) is 23.0. The predicted octanol–water partition coefficient (Wildman–Crippen LogP) is 6.45. The van der Waals surface area contributed by atoms with Gasteiger partial charge in [0.1, 0.15) is 17.8 Å². The molecule has 5 atom stereocenters. The minimum Gasteiger partial charge on any atom is -0.507 e. The minimum atomic E-state index is -0.850. The van der Waals surface area contributed by atoms with Crippen molar-refractivity contribution in [2.75, 3.05) is 48.3 Å². The number of phenolic OH excluding ortho intramolecular Hbond substituents is 1. The first-order valence-corrected chi connectivity index (χ1v) is 27.1. The number of piperazine rings is 1. The summed E-state index contributed by atoms with van der Waals surface area (Å²) in [7, 11) is 0. The molecule has 3 unspecified atom stereocenters. The molecule has 5 aliphatic rings. The lowest BCUT2D eigenvalue weighted by atomic mass is 9.81. The molecule has 18 heteroatoms. The lowest BCUT2D eigenvalue weighted by Gasteiger charge is -2.42. The Labute approximate surface area is 432 Å². The molecule has 5 fully saturated rings. The van der Waals surface area contributed by atoms with E-state index in [4.69, 9.17) is 15.7 Å². The van der Waals surface area contributed by atoms with E-state index in [0.717, 1.165) is 111 Å². The Hall–Kier alpha value is -6.24. The third kappa shape index (κ3) is 11.0. The first kappa shape index (κ1) is 50.3. The number of carbonyl (C=O) groups excluding carboxylic acids is 3. The summed E-state index contributed by atoms with van der Waals surface area (Å²) < 4.78 is 0. The Kier molecular flexibility index (Phi) is 14.7. The maximum absolute atomic E-state index is 14.3. The minimum absolute atomic E-state index is 0.0399. The van der Waals surface area contributed by atoms with E-state index < -0.39 is 23.6 Å². The van der Waals surface area contributed by atoms with Crippen LogP contribution in [0.2, 0.25) is 0 Å². The van der Waals surface area contributed by atoms with E-state index in [-0.39, 0.29) is 61.0 Å². The van der Waals surface area contributed by atoms with Gasteiger partial charge in [0.15, 0.2) is 5.82 Å². The van der Waals surface area contributed by atoms with Gasteiger partial charge in [-0.05, 0) is 124 Å². The molecular weight excluding hydrogens is 941 g/mol. The number of hydrogen-bond donors (Lipinski definition) is 5.